The van der Waals surface area contributed by atoms with Gasteiger partial charge in [-0.25, -0.2) is 0 Å². The first-order chi connectivity index (χ1) is 10.8. The zero-order valence-electron chi connectivity index (χ0n) is 12.2. The molecule has 0 saturated heterocycles. The molecular weight excluding hydrogens is 300 g/mol. The molecule has 1 fully saturated rings. The van der Waals surface area contributed by atoms with E-state index in [4.69, 9.17) is 0 Å². The van der Waals surface area contributed by atoms with Crippen LogP contribution in [0.25, 0.3) is 5.69 Å². The van der Waals surface area contributed by atoms with Crippen LogP contribution in [-0.4, -0.2) is 42.9 Å². The van der Waals surface area contributed by atoms with Gasteiger partial charge in [0, 0.05) is 12.2 Å². The second-order valence-corrected chi connectivity index (χ2v) is 6.22. The normalized spacial score (nSPS) is 15.6. The molecule has 0 radical (unpaired) electrons. The molecule has 0 atom stereocenters. The van der Waals surface area contributed by atoms with E-state index in [1.807, 2.05) is 12.1 Å². The molecule has 116 valence electrons. The van der Waals surface area contributed by atoms with Gasteiger partial charge in [-0.05, 0) is 35.4 Å². The lowest BCUT2D eigenvalue weighted by atomic mass is 9.95. The van der Waals surface area contributed by atoms with Gasteiger partial charge in [0.2, 0.25) is 11.1 Å². The maximum absolute atomic E-state index is 12.0. The van der Waals surface area contributed by atoms with Crippen LogP contribution in [0.5, 0.6) is 0 Å². The van der Waals surface area contributed by atoms with Gasteiger partial charge in [0.15, 0.2) is 0 Å². The topological polar surface area (TPSA) is 85.6 Å². The van der Waals surface area contributed by atoms with Gasteiger partial charge in [0.1, 0.15) is 0 Å². The summed E-state index contributed by atoms with van der Waals surface area (Å²) in [5.74, 6) is 0.356. The van der Waals surface area contributed by atoms with Crippen molar-refractivity contribution in [3.8, 4) is 5.69 Å². The number of carbonyl (C=O) groups excluding carboxylic acids is 1. The molecule has 1 aliphatic carbocycles. The standard InChI is InChI=1S/C14H18N6OS/c21-13(16-11-5-2-1-3-6-11)10-22-14-17-18-19-20(14)12-7-4-8-15-9-12/h4,7-9,11H,1-3,5-6,10H2,(H,16,21). The smallest absolute Gasteiger partial charge is 0.230 e. The number of hydrogen-bond acceptors (Lipinski definition) is 6. The van der Waals surface area contributed by atoms with Crippen LogP contribution in [0.15, 0.2) is 29.7 Å². The zero-order chi connectivity index (χ0) is 15.2. The van der Waals surface area contributed by atoms with E-state index in [1.165, 1.54) is 31.0 Å². The van der Waals surface area contributed by atoms with Crippen LogP contribution in [0.2, 0.25) is 0 Å². The molecule has 0 aromatic carbocycles. The Morgan fingerprint density at radius 3 is 3.00 bits per heavy atom. The Morgan fingerprint density at radius 2 is 2.23 bits per heavy atom. The zero-order valence-corrected chi connectivity index (χ0v) is 13.0. The van der Waals surface area contributed by atoms with Gasteiger partial charge in [-0.1, -0.05) is 31.0 Å². The van der Waals surface area contributed by atoms with Gasteiger partial charge in [0.05, 0.1) is 17.6 Å². The summed E-state index contributed by atoms with van der Waals surface area (Å²) >= 11 is 1.33. The van der Waals surface area contributed by atoms with Crippen LogP contribution >= 0.6 is 11.8 Å². The number of hydrogen-bond donors (Lipinski definition) is 1. The highest BCUT2D eigenvalue weighted by atomic mass is 32.2. The van der Waals surface area contributed by atoms with Crippen molar-refractivity contribution in [3.05, 3.63) is 24.5 Å². The lowest BCUT2D eigenvalue weighted by molar-refractivity contribution is -0.119. The average Bonchev–Trinajstić information content (AvgIpc) is 3.03. The molecule has 0 spiro atoms. The lowest BCUT2D eigenvalue weighted by Crippen LogP contribution is -2.37. The van der Waals surface area contributed by atoms with Crippen LogP contribution in [0.1, 0.15) is 32.1 Å². The first kappa shape index (κ1) is 15.0. The summed E-state index contributed by atoms with van der Waals surface area (Å²) in [5.41, 5.74) is 0.780. The van der Waals surface area contributed by atoms with Crippen molar-refractivity contribution >= 4 is 17.7 Å². The fraction of sp³-hybridized carbons (Fsp3) is 0.500. The predicted octanol–water partition coefficient (Wildman–Crippen LogP) is 1.60. The molecule has 1 saturated carbocycles. The second kappa shape index (κ2) is 7.35. The summed E-state index contributed by atoms with van der Waals surface area (Å²) in [6.07, 6.45) is 9.24. The van der Waals surface area contributed by atoms with Crippen molar-refractivity contribution < 1.29 is 4.79 Å². The minimum Gasteiger partial charge on any atom is -0.353 e. The number of aromatic nitrogens is 5. The van der Waals surface area contributed by atoms with Crippen molar-refractivity contribution in [3.63, 3.8) is 0 Å². The summed E-state index contributed by atoms with van der Waals surface area (Å²) in [6, 6.07) is 4.02. The van der Waals surface area contributed by atoms with Crippen molar-refractivity contribution in [1.29, 1.82) is 0 Å². The summed E-state index contributed by atoms with van der Waals surface area (Å²) < 4.78 is 1.59. The number of nitrogens with one attached hydrogen (secondary N) is 1. The third-order valence-electron chi connectivity index (χ3n) is 3.63. The summed E-state index contributed by atoms with van der Waals surface area (Å²) in [4.78, 5) is 16.1. The molecule has 0 aliphatic heterocycles. The number of amides is 1. The monoisotopic (exact) mass is 318 g/mol. The minimum atomic E-state index is 0.0395. The van der Waals surface area contributed by atoms with Crippen LogP contribution in [0.3, 0.4) is 0 Å². The highest BCUT2D eigenvalue weighted by Crippen LogP contribution is 2.19. The highest BCUT2D eigenvalue weighted by molar-refractivity contribution is 7.99. The second-order valence-electron chi connectivity index (χ2n) is 5.28. The fourth-order valence-electron chi connectivity index (χ4n) is 2.56. The molecular formula is C14H18N6OS. The van der Waals surface area contributed by atoms with E-state index in [-0.39, 0.29) is 5.91 Å². The van der Waals surface area contributed by atoms with E-state index in [9.17, 15) is 4.79 Å². The Hall–Kier alpha value is -1.96. The molecule has 3 rings (SSSR count). The van der Waals surface area contributed by atoms with Gasteiger partial charge < -0.3 is 5.32 Å². The SMILES string of the molecule is O=C(CSc1nnnn1-c1cccnc1)NC1CCCCC1. The Bertz CT molecular complexity index is 611. The number of nitrogens with zero attached hydrogens (tertiary/aromatic N) is 5. The summed E-state index contributed by atoms with van der Waals surface area (Å²) in [6.45, 7) is 0. The first-order valence-corrected chi connectivity index (χ1v) is 8.42. The van der Waals surface area contributed by atoms with E-state index in [0.29, 0.717) is 17.0 Å². The maximum atomic E-state index is 12.0. The fourth-order valence-corrected chi connectivity index (χ4v) is 3.26. The van der Waals surface area contributed by atoms with E-state index >= 15 is 0 Å². The molecule has 0 unspecified atom stereocenters. The molecule has 1 N–H and O–H groups in total. The highest BCUT2D eigenvalue weighted by Gasteiger charge is 2.17. The average molecular weight is 318 g/mol. The van der Waals surface area contributed by atoms with Gasteiger partial charge in [-0.3, -0.25) is 9.78 Å². The Kier molecular flexibility index (Phi) is 4.99. The molecule has 0 bridgehead atoms. The third kappa shape index (κ3) is 3.82. The van der Waals surface area contributed by atoms with E-state index in [0.717, 1.165) is 18.5 Å². The van der Waals surface area contributed by atoms with Crippen molar-refractivity contribution in [2.45, 2.75) is 43.3 Å². The van der Waals surface area contributed by atoms with Crippen molar-refractivity contribution in [2.24, 2.45) is 0 Å². The van der Waals surface area contributed by atoms with Crippen molar-refractivity contribution in [1.82, 2.24) is 30.5 Å². The van der Waals surface area contributed by atoms with Gasteiger partial charge in [-0.15, -0.1) is 5.10 Å². The Labute approximate surface area is 132 Å². The minimum absolute atomic E-state index is 0.0395. The molecule has 22 heavy (non-hydrogen) atoms. The number of rotatable bonds is 5. The number of tetrazole rings is 1. The predicted molar refractivity (Wildman–Crippen MR) is 82.7 cm³/mol. The largest absolute Gasteiger partial charge is 0.353 e. The van der Waals surface area contributed by atoms with E-state index in [1.54, 1.807) is 17.1 Å². The van der Waals surface area contributed by atoms with Crippen LogP contribution in [0, 0.1) is 0 Å². The van der Waals surface area contributed by atoms with E-state index in [2.05, 4.69) is 25.8 Å². The molecule has 2 aromatic rings. The van der Waals surface area contributed by atoms with E-state index < -0.39 is 0 Å². The first-order valence-electron chi connectivity index (χ1n) is 7.44. The Morgan fingerprint density at radius 1 is 1.36 bits per heavy atom. The molecule has 7 nitrogen and oxygen atoms in total. The third-order valence-corrected chi connectivity index (χ3v) is 4.55. The van der Waals surface area contributed by atoms with Crippen LogP contribution in [0.4, 0.5) is 0 Å². The molecule has 2 aromatic heterocycles. The molecule has 2 heterocycles. The van der Waals surface area contributed by atoms with Crippen LogP contribution < -0.4 is 5.32 Å². The lowest BCUT2D eigenvalue weighted by Gasteiger charge is -2.22. The number of carbonyl (C=O) groups is 1. The van der Waals surface area contributed by atoms with Crippen LogP contribution in [-0.2, 0) is 4.79 Å². The quantitative estimate of drug-likeness (QED) is 0.843. The van der Waals surface area contributed by atoms with Gasteiger partial charge in [-0.2, -0.15) is 4.68 Å². The number of thioether (sulfide) groups is 1. The number of pyridine rings is 1. The Balaban J connectivity index is 1.55. The maximum Gasteiger partial charge on any atom is 0.230 e. The van der Waals surface area contributed by atoms with Gasteiger partial charge in [0.25, 0.3) is 0 Å². The summed E-state index contributed by atoms with van der Waals surface area (Å²) in [5, 5.41) is 15.3. The van der Waals surface area contributed by atoms with Crippen molar-refractivity contribution in [2.75, 3.05) is 5.75 Å². The molecule has 1 aliphatic rings. The summed E-state index contributed by atoms with van der Waals surface area (Å²) in [7, 11) is 0. The molecule has 1 amide bonds. The molecule has 8 heteroatoms. The van der Waals surface area contributed by atoms with Gasteiger partial charge >= 0.3 is 0 Å².